The van der Waals surface area contributed by atoms with E-state index in [0.717, 1.165) is 36.7 Å². The van der Waals surface area contributed by atoms with Crippen molar-refractivity contribution in [3.63, 3.8) is 0 Å². The minimum atomic E-state index is -0.0451. The smallest absolute Gasteiger partial charge is 0.224 e. The Balaban J connectivity index is 1.42. The maximum absolute atomic E-state index is 12.1. The molecule has 2 heterocycles. The van der Waals surface area contributed by atoms with Gasteiger partial charge >= 0.3 is 0 Å². The summed E-state index contributed by atoms with van der Waals surface area (Å²) in [6.45, 7) is 4.20. The average Bonchev–Trinajstić information content (AvgIpc) is 3.18. The molecule has 6 heteroatoms. The molecule has 0 unspecified atom stereocenters. The Kier molecular flexibility index (Phi) is 6.41. The van der Waals surface area contributed by atoms with Crippen LogP contribution in [-0.4, -0.2) is 49.8 Å². The van der Waals surface area contributed by atoms with E-state index in [1.807, 2.05) is 29.6 Å². The summed E-state index contributed by atoms with van der Waals surface area (Å²) in [7, 11) is 2.14. The van der Waals surface area contributed by atoms with Crippen molar-refractivity contribution < 1.29 is 9.59 Å². The van der Waals surface area contributed by atoms with E-state index >= 15 is 0 Å². The van der Waals surface area contributed by atoms with E-state index in [1.165, 1.54) is 17.0 Å². The Morgan fingerprint density at radius 3 is 2.42 bits per heavy atom. The zero-order chi connectivity index (χ0) is 18.4. The maximum Gasteiger partial charge on any atom is 0.224 e. The topological polar surface area (TPSA) is 52.6 Å². The third-order valence-corrected chi connectivity index (χ3v) is 5.53. The number of carbonyl (C=O) groups excluding carboxylic acids is 2. The molecule has 1 N–H and O–H groups in total. The van der Waals surface area contributed by atoms with E-state index in [4.69, 9.17) is 0 Å². The lowest BCUT2D eigenvalue weighted by molar-refractivity contribution is -0.116. The van der Waals surface area contributed by atoms with Gasteiger partial charge in [-0.25, -0.2) is 0 Å². The number of nitrogens with zero attached hydrogens (tertiary/aromatic N) is 2. The molecule has 138 valence electrons. The number of likely N-dealkylation sites (N-methyl/N-ethyl adjacent to an activating group) is 1. The molecule has 1 aromatic heterocycles. The van der Waals surface area contributed by atoms with Crippen LogP contribution in [0.3, 0.4) is 0 Å². The molecule has 1 amide bonds. The van der Waals surface area contributed by atoms with Crippen LogP contribution in [-0.2, 0) is 4.79 Å². The highest BCUT2D eigenvalue weighted by Crippen LogP contribution is 2.20. The highest BCUT2D eigenvalue weighted by atomic mass is 32.1. The summed E-state index contributed by atoms with van der Waals surface area (Å²) >= 11 is 1.45. The number of piperazine rings is 1. The van der Waals surface area contributed by atoms with Crippen LogP contribution in [0, 0.1) is 0 Å². The summed E-state index contributed by atoms with van der Waals surface area (Å²) in [6, 6.07) is 11.7. The quantitative estimate of drug-likeness (QED) is 0.757. The number of Topliss-reactive ketones (excluding diaryl/α,β-unsaturated/α-hetero) is 1. The van der Waals surface area contributed by atoms with Gasteiger partial charge in [-0.2, -0.15) is 0 Å². The van der Waals surface area contributed by atoms with Crippen LogP contribution in [0.4, 0.5) is 11.4 Å². The minimum absolute atomic E-state index is 0.0451. The molecule has 1 aromatic carbocycles. The number of ketones is 1. The number of anilines is 2. The van der Waals surface area contributed by atoms with Crippen LogP contribution in [0.15, 0.2) is 41.8 Å². The van der Waals surface area contributed by atoms with Gasteiger partial charge < -0.3 is 15.1 Å². The predicted molar refractivity (Wildman–Crippen MR) is 107 cm³/mol. The van der Waals surface area contributed by atoms with Gasteiger partial charge in [0.05, 0.1) is 4.88 Å². The molecule has 1 saturated heterocycles. The van der Waals surface area contributed by atoms with Gasteiger partial charge in [-0.3, -0.25) is 9.59 Å². The van der Waals surface area contributed by atoms with Crippen LogP contribution >= 0.6 is 11.3 Å². The molecule has 26 heavy (non-hydrogen) atoms. The maximum atomic E-state index is 12.1. The Hall–Kier alpha value is -2.18. The number of carbonyl (C=O) groups is 2. The molecular formula is C20H25N3O2S. The summed E-state index contributed by atoms with van der Waals surface area (Å²) in [4.78, 5) is 29.5. The monoisotopic (exact) mass is 371 g/mol. The Bertz CT molecular complexity index is 720. The summed E-state index contributed by atoms with van der Waals surface area (Å²) in [6.07, 6.45) is 1.34. The molecule has 3 rings (SSSR count). The van der Waals surface area contributed by atoms with Crippen LogP contribution in [0.1, 0.15) is 28.9 Å². The van der Waals surface area contributed by atoms with Crippen molar-refractivity contribution in [3.05, 3.63) is 46.7 Å². The lowest BCUT2D eigenvalue weighted by Crippen LogP contribution is -2.44. The molecule has 2 aromatic rings. The predicted octanol–water partition coefficient (Wildman–Crippen LogP) is 3.49. The number of thiophene rings is 1. The molecule has 1 aliphatic rings. The van der Waals surface area contributed by atoms with Gasteiger partial charge in [0.25, 0.3) is 0 Å². The molecule has 1 aliphatic heterocycles. The zero-order valence-electron chi connectivity index (χ0n) is 15.1. The van der Waals surface area contributed by atoms with Crippen molar-refractivity contribution in [1.29, 1.82) is 0 Å². The van der Waals surface area contributed by atoms with E-state index in [9.17, 15) is 9.59 Å². The molecule has 1 fully saturated rings. The summed E-state index contributed by atoms with van der Waals surface area (Å²) in [5.74, 6) is 0.0701. The highest BCUT2D eigenvalue weighted by Gasteiger charge is 2.14. The molecule has 5 nitrogen and oxygen atoms in total. The molecule has 0 spiro atoms. The van der Waals surface area contributed by atoms with Crippen molar-refractivity contribution in [2.45, 2.75) is 19.3 Å². The minimum Gasteiger partial charge on any atom is -0.369 e. The summed E-state index contributed by atoms with van der Waals surface area (Å²) < 4.78 is 0. The van der Waals surface area contributed by atoms with E-state index in [-0.39, 0.29) is 11.7 Å². The lowest BCUT2D eigenvalue weighted by Gasteiger charge is -2.34. The first-order chi connectivity index (χ1) is 12.6. The van der Waals surface area contributed by atoms with Gasteiger partial charge in [0.15, 0.2) is 5.78 Å². The highest BCUT2D eigenvalue weighted by molar-refractivity contribution is 7.12. The van der Waals surface area contributed by atoms with Gasteiger partial charge in [-0.15, -0.1) is 11.3 Å². The van der Waals surface area contributed by atoms with E-state index in [1.54, 1.807) is 0 Å². The number of rotatable bonds is 7. The number of benzene rings is 1. The summed E-state index contributed by atoms with van der Waals surface area (Å²) in [5.41, 5.74) is 2.00. The molecule has 0 radical (unpaired) electrons. The van der Waals surface area contributed by atoms with Crippen LogP contribution < -0.4 is 10.2 Å². The normalized spacial score (nSPS) is 15.0. The second kappa shape index (κ2) is 8.96. The van der Waals surface area contributed by atoms with Gasteiger partial charge in [-0.1, -0.05) is 6.07 Å². The van der Waals surface area contributed by atoms with Crippen LogP contribution in [0.25, 0.3) is 0 Å². The zero-order valence-corrected chi connectivity index (χ0v) is 15.9. The second-order valence-electron chi connectivity index (χ2n) is 6.64. The Morgan fingerprint density at radius 1 is 1.04 bits per heavy atom. The fourth-order valence-electron chi connectivity index (χ4n) is 3.01. The average molecular weight is 372 g/mol. The molecule has 0 aliphatic carbocycles. The standard InChI is InChI=1S/C20H25N3O2S/c1-22-11-13-23(14-12-22)17-9-7-16(8-10-17)21-20(25)6-2-4-18(24)19-5-3-15-26-19/h3,5,7-10,15H,2,4,6,11-14H2,1H3,(H,21,25). The van der Waals surface area contributed by atoms with Gasteiger partial charge in [0.2, 0.25) is 5.91 Å². The van der Waals surface area contributed by atoms with Crippen LogP contribution in [0.5, 0.6) is 0 Å². The number of amides is 1. The fraction of sp³-hybridized carbons (Fsp3) is 0.400. The molecule has 0 atom stereocenters. The Morgan fingerprint density at radius 2 is 1.77 bits per heavy atom. The van der Waals surface area contributed by atoms with E-state index < -0.39 is 0 Å². The fourth-order valence-corrected chi connectivity index (χ4v) is 3.71. The first-order valence-electron chi connectivity index (χ1n) is 9.02. The van der Waals surface area contributed by atoms with E-state index in [0.29, 0.717) is 19.3 Å². The van der Waals surface area contributed by atoms with Crippen molar-refractivity contribution in [3.8, 4) is 0 Å². The summed E-state index contributed by atoms with van der Waals surface area (Å²) in [5, 5.41) is 4.81. The van der Waals surface area contributed by atoms with Crippen LogP contribution in [0.2, 0.25) is 0 Å². The largest absolute Gasteiger partial charge is 0.369 e. The van der Waals surface area contributed by atoms with Gasteiger partial charge in [0, 0.05) is 50.4 Å². The number of hydrogen-bond donors (Lipinski definition) is 1. The Labute approximate surface area is 158 Å². The van der Waals surface area contributed by atoms with Gasteiger partial charge in [-0.05, 0) is 49.2 Å². The third-order valence-electron chi connectivity index (χ3n) is 4.62. The molecule has 0 bridgehead atoms. The molecular weight excluding hydrogens is 346 g/mol. The van der Waals surface area contributed by atoms with Crippen molar-refractivity contribution >= 4 is 34.4 Å². The first kappa shape index (κ1) is 18.6. The third kappa shape index (κ3) is 5.16. The molecule has 0 saturated carbocycles. The second-order valence-corrected chi connectivity index (χ2v) is 7.59. The van der Waals surface area contributed by atoms with Crippen molar-refractivity contribution in [1.82, 2.24) is 4.90 Å². The lowest BCUT2D eigenvalue weighted by atomic mass is 10.1. The first-order valence-corrected chi connectivity index (χ1v) is 9.90. The van der Waals surface area contributed by atoms with E-state index in [2.05, 4.69) is 34.3 Å². The number of nitrogens with one attached hydrogen (secondary N) is 1. The van der Waals surface area contributed by atoms with Crippen molar-refractivity contribution in [2.24, 2.45) is 0 Å². The van der Waals surface area contributed by atoms with Crippen molar-refractivity contribution in [2.75, 3.05) is 43.4 Å². The van der Waals surface area contributed by atoms with Gasteiger partial charge in [0.1, 0.15) is 0 Å². The SMILES string of the molecule is CN1CCN(c2ccc(NC(=O)CCCC(=O)c3cccs3)cc2)CC1. The number of hydrogen-bond acceptors (Lipinski definition) is 5.